The number of nitrogens with two attached hydrogens (primary N) is 1. The minimum atomic E-state index is -2.93. The highest BCUT2D eigenvalue weighted by Crippen LogP contribution is 2.36. The smallest absolute Gasteiger partial charge is 0.263 e. The summed E-state index contributed by atoms with van der Waals surface area (Å²) in [4.78, 5) is 12.0. The first kappa shape index (κ1) is 15.6. The predicted molar refractivity (Wildman–Crippen MR) is 82.1 cm³/mol. The molecule has 2 rings (SSSR count). The Labute approximate surface area is 127 Å². The number of carbonyl (C=O) groups is 1. The van der Waals surface area contributed by atoms with Crippen LogP contribution in [0.15, 0.2) is 0 Å². The van der Waals surface area contributed by atoms with Crippen molar-refractivity contribution in [3.05, 3.63) is 10.4 Å². The maximum absolute atomic E-state index is 11.7. The molecule has 1 aliphatic heterocycles. The SMILES string of the molecule is CNC(=O)c1sc(NC2CCS(=O)(=O)CC2)c(C#N)c1N. The first-order valence-corrected chi connectivity index (χ1v) is 9.03. The highest BCUT2D eigenvalue weighted by atomic mass is 32.2. The fourth-order valence-corrected chi connectivity index (χ4v) is 4.74. The molecule has 9 heteroatoms. The van der Waals surface area contributed by atoms with Gasteiger partial charge in [0.05, 0.1) is 17.2 Å². The quantitative estimate of drug-likeness (QED) is 0.744. The second-order valence-electron chi connectivity index (χ2n) is 4.81. The van der Waals surface area contributed by atoms with E-state index >= 15 is 0 Å². The molecule has 0 atom stereocenters. The molecule has 114 valence electrons. The summed E-state index contributed by atoms with van der Waals surface area (Å²) in [6.07, 6.45) is 0.973. The van der Waals surface area contributed by atoms with Gasteiger partial charge in [0.25, 0.3) is 5.91 Å². The van der Waals surface area contributed by atoms with Gasteiger partial charge in [-0.1, -0.05) is 0 Å². The van der Waals surface area contributed by atoms with E-state index in [1.807, 2.05) is 6.07 Å². The summed E-state index contributed by atoms with van der Waals surface area (Å²) in [5.41, 5.74) is 6.23. The number of nitrogens with zero attached hydrogens (tertiary/aromatic N) is 1. The first-order chi connectivity index (χ1) is 9.88. The number of carbonyl (C=O) groups excluding carboxylic acids is 1. The number of amides is 1. The third-order valence-corrected chi connectivity index (χ3v) is 6.23. The summed E-state index contributed by atoms with van der Waals surface area (Å²) in [6, 6.07) is 1.96. The lowest BCUT2D eigenvalue weighted by Crippen LogP contribution is -2.32. The van der Waals surface area contributed by atoms with Crippen molar-refractivity contribution < 1.29 is 13.2 Å². The zero-order valence-electron chi connectivity index (χ0n) is 11.5. The van der Waals surface area contributed by atoms with Crippen LogP contribution < -0.4 is 16.4 Å². The van der Waals surface area contributed by atoms with Gasteiger partial charge in [-0.3, -0.25) is 4.79 Å². The molecule has 1 fully saturated rings. The van der Waals surface area contributed by atoms with Crippen molar-refractivity contribution in [2.45, 2.75) is 18.9 Å². The molecule has 1 aromatic rings. The van der Waals surface area contributed by atoms with Crippen molar-refractivity contribution in [2.75, 3.05) is 29.6 Å². The van der Waals surface area contributed by atoms with Gasteiger partial charge in [0, 0.05) is 13.1 Å². The molecular weight excluding hydrogens is 312 g/mol. The fourth-order valence-electron chi connectivity index (χ4n) is 2.16. The van der Waals surface area contributed by atoms with Gasteiger partial charge in [-0.2, -0.15) is 5.26 Å². The van der Waals surface area contributed by atoms with Gasteiger partial charge in [-0.05, 0) is 12.8 Å². The van der Waals surface area contributed by atoms with Crippen LogP contribution in [0, 0.1) is 11.3 Å². The van der Waals surface area contributed by atoms with Crippen LogP contribution in [-0.2, 0) is 9.84 Å². The number of sulfone groups is 1. The minimum Gasteiger partial charge on any atom is -0.396 e. The van der Waals surface area contributed by atoms with Crippen LogP contribution >= 0.6 is 11.3 Å². The van der Waals surface area contributed by atoms with Crippen LogP contribution in [0.1, 0.15) is 28.1 Å². The average molecular weight is 328 g/mol. The molecular formula is C12H16N4O3S2. The van der Waals surface area contributed by atoms with Crippen LogP contribution in [0.2, 0.25) is 0 Å². The standard InChI is InChI=1S/C12H16N4O3S2/c1-15-11(17)10-9(14)8(6-13)12(20-10)16-7-2-4-21(18,19)5-3-7/h7,16H,2-5,14H2,1H3,(H,15,17). The van der Waals surface area contributed by atoms with E-state index in [-0.39, 0.29) is 34.7 Å². The monoisotopic (exact) mass is 328 g/mol. The van der Waals surface area contributed by atoms with Gasteiger partial charge in [0.1, 0.15) is 31.3 Å². The maximum Gasteiger partial charge on any atom is 0.263 e. The Kier molecular flexibility index (Phi) is 4.39. The van der Waals surface area contributed by atoms with E-state index in [1.54, 1.807) is 0 Å². The normalized spacial score (nSPS) is 17.9. The summed E-state index contributed by atoms with van der Waals surface area (Å²) >= 11 is 1.12. The van der Waals surface area contributed by atoms with Crippen LogP contribution in [0.25, 0.3) is 0 Å². The van der Waals surface area contributed by atoms with Crippen molar-refractivity contribution in [3.8, 4) is 6.07 Å². The number of anilines is 2. The van der Waals surface area contributed by atoms with E-state index in [2.05, 4.69) is 10.6 Å². The number of nitriles is 1. The molecule has 1 aromatic heterocycles. The molecule has 1 amide bonds. The minimum absolute atomic E-state index is 0.0313. The van der Waals surface area contributed by atoms with E-state index in [1.165, 1.54) is 7.05 Å². The van der Waals surface area contributed by atoms with Crippen LogP contribution in [0.3, 0.4) is 0 Å². The Morgan fingerprint density at radius 1 is 1.43 bits per heavy atom. The first-order valence-electron chi connectivity index (χ1n) is 6.39. The highest BCUT2D eigenvalue weighted by Gasteiger charge is 2.26. The van der Waals surface area contributed by atoms with Gasteiger partial charge >= 0.3 is 0 Å². The van der Waals surface area contributed by atoms with Crippen molar-refractivity contribution in [1.29, 1.82) is 5.26 Å². The molecule has 0 aliphatic carbocycles. The van der Waals surface area contributed by atoms with Gasteiger partial charge in [-0.15, -0.1) is 11.3 Å². The average Bonchev–Trinajstić information content (AvgIpc) is 2.76. The molecule has 0 unspecified atom stereocenters. The Bertz CT molecular complexity index is 689. The number of hydrogen-bond acceptors (Lipinski definition) is 7. The highest BCUT2D eigenvalue weighted by molar-refractivity contribution is 7.91. The molecule has 0 bridgehead atoms. The second kappa shape index (κ2) is 5.91. The maximum atomic E-state index is 11.7. The molecule has 2 heterocycles. The fraction of sp³-hybridized carbons (Fsp3) is 0.500. The lowest BCUT2D eigenvalue weighted by molar-refractivity contribution is 0.0968. The molecule has 0 spiro atoms. The van der Waals surface area contributed by atoms with Crippen molar-refractivity contribution in [3.63, 3.8) is 0 Å². The Balaban J connectivity index is 2.21. The van der Waals surface area contributed by atoms with Crippen LogP contribution in [0.4, 0.5) is 10.7 Å². The van der Waals surface area contributed by atoms with Gasteiger partial charge < -0.3 is 16.4 Å². The zero-order valence-corrected chi connectivity index (χ0v) is 13.1. The molecule has 4 N–H and O–H groups in total. The number of hydrogen-bond donors (Lipinski definition) is 3. The van der Waals surface area contributed by atoms with Crippen molar-refractivity contribution in [1.82, 2.24) is 5.32 Å². The van der Waals surface area contributed by atoms with Crippen LogP contribution in [0.5, 0.6) is 0 Å². The number of nitrogen functional groups attached to an aromatic ring is 1. The van der Waals surface area contributed by atoms with E-state index in [9.17, 15) is 18.5 Å². The van der Waals surface area contributed by atoms with Crippen LogP contribution in [-0.4, -0.2) is 38.9 Å². The summed E-state index contributed by atoms with van der Waals surface area (Å²) in [5.74, 6) is -0.0703. The topological polar surface area (TPSA) is 125 Å². The lowest BCUT2D eigenvalue weighted by Gasteiger charge is -2.23. The number of rotatable bonds is 3. The van der Waals surface area contributed by atoms with Crippen molar-refractivity contribution in [2.24, 2.45) is 0 Å². The summed E-state index contributed by atoms with van der Waals surface area (Å²) < 4.78 is 22.8. The lowest BCUT2D eigenvalue weighted by atomic mass is 10.1. The Morgan fingerprint density at radius 2 is 2.05 bits per heavy atom. The van der Waals surface area contributed by atoms with Gasteiger partial charge in [-0.25, -0.2) is 8.42 Å². The zero-order chi connectivity index (χ0) is 15.6. The molecule has 0 saturated carbocycles. The number of thiophene rings is 1. The van der Waals surface area contributed by atoms with E-state index in [4.69, 9.17) is 5.73 Å². The Morgan fingerprint density at radius 3 is 2.57 bits per heavy atom. The van der Waals surface area contributed by atoms with Gasteiger partial charge in [0.15, 0.2) is 0 Å². The summed E-state index contributed by atoms with van der Waals surface area (Å²) in [7, 11) is -1.44. The molecule has 1 aliphatic rings. The van der Waals surface area contributed by atoms with E-state index in [0.717, 1.165) is 11.3 Å². The predicted octanol–water partition coefficient (Wildman–Crippen LogP) is 0.551. The Hall–Kier alpha value is -1.79. The third-order valence-electron chi connectivity index (χ3n) is 3.38. The van der Waals surface area contributed by atoms with E-state index < -0.39 is 9.84 Å². The molecule has 1 saturated heterocycles. The molecule has 0 aromatic carbocycles. The van der Waals surface area contributed by atoms with Gasteiger partial charge in [0.2, 0.25) is 0 Å². The number of nitrogens with one attached hydrogen (secondary N) is 2. The largest absolute Gasteiger partial charge is 0.396 e. The van der Waals surface area contributed by atoms with E-state index in [0.29, 0.717) is 22.7 Å². The molecule has 7 nitrogen and oxygen atoms in total. The third kappa shape index (κ3) is 3.28. The summed E-state index contributed by atoms with van der Waals surface area (Å²) in [6.45, 7) is 0. The molecule has 0 radical (unpaired) electrons. The molecule has 21 heavy (non-hydrogen) atoms. The summed E-state index contributed by atoms with van der Waals surface area (Å²) in [5, 5.41) is 15.3. The van der Waals surface area contributed by atoms with Crippen molar-refractivity contribution >= 4 is 37.8 Å². The second-order valence-corrected chi connectivity index (χ2v) is 8.13.